The molecule has 4 N–H and O–H groups in total. The Bertz CT molecular complexity index is 648. The first-order valence-electron chi connectivity index (χ1n) is 6.29. The number of carboxylic acids is 1. The molecule has 1 amide bonds. The fourth-order valence-electron chi connectivity index (χ4n) is 1.88. The lowest BCUT2D eigenvalue weighted by molar-refractivity contribution is -0.139. The molecular weight excluding hydrogens is 274 g/mol. The molecule has 21 heavy (non-hydrogen) atoms. The van der Waals surface area contributed by atoms with E-state index in [1.165, 1.54) is 18.3 Å². The summed E-state index contributed by atoms with van der Waals surface area (Å²) in [6.07, 6.45) is 1.47. The highest BCUT2D eigenvalue weighted by Crippen LogP contribution is 2.12. The summed E-state index contributed by atoms with van der Waals surface area (Å²) in [6, 6.07) is 5.10. The second kappa shape index (κ2) is 6.08. The van der Waals surface area contributed by atoms with Crippen molar-refractivity contribution in [1.82, 2.24) is 15.5 Å². The number of carboxylic acid groups (broad SMARTS) is 1. The van der Waals surface area contributed by atoms with Gasteiger partial charge in [0.15, 0.2) is 0 Å². The fraction of sp³-hybridized carbons (Fsp3) is 0.214. The molecule has 1 heterocycles. The standard InChI is InChI=1S/C14H15N3O4/c1-8-11(7-15-17-8)13(19)16-12(14(20)21)6-9-2-4-10(18)5-3-9/h2-5,7,12,18H,6H2,1H3,(H,15,17)(H,16,19)(H,20,21)/t12-/m0/s1. The van der Waals surface area contributed by atoms with E-state index in [0.717, 1.165) is 0 Å². The summed E-state index contributed by atoms with van der Waals surface area (Å²) >= 11 is 0. The summed E-state index contributed by atoms with van der Waals surface area (Å²) in [4.78, 5) is 23.3. The number of nitrogens with zero attached hydrogens (tertiary/aromatic N) is 1. The number of hydrogen-bond acceptors (Lipinski definition) is 4. The number of nitrogens with one attached hydrogen (secondary N) is 2. The number of phenols is 1. The number of carbonyl (C=O) groups is 2. The van der Waals surface area contributed by atoms with Crippen LogP contribution >= 0.6 is 0 Å². The molecule has 1 aromatic heterocycles. The van der Waals surface area contributed by atoms with Gasteiger partial charge in [0.2, 0.25) is 0 Å². The van der Waals surface area contributed by atoms with Gasteiger partial charge in [0.25, 0.3) is 5.91 Å². The number of aryl methyl sites for hydroxylation is 1. The Hall–Kier alpha value is -2.83. The van der Waals surface area contributed by atoms with Gasteiger partial charge in [0.05, 0.1) is 11.8 Å². The van der Waals surface area contributed by atoms with Crippen LogP contribution in [-0.4, -0.2) is 38.3 Å². The minimum Gasteiger partial charge on any atom is -0.508 e. The Balaban J connectivity index is 2.09. The van der Waals surface area contributed by atoms with Crippen molar-refractivity contribution in [3.8, 4) is 5.75 Å². The van der Waals surface area contributed by atoms with Crippen LogP contribution in [0.1, 0.15) is 21.6 Å². The Labute approximate surface area is 120 Å². The fourth-order valence-corrected chi connectivity index (χ4v) is 1.88. The topological polar surface area (TPSA) is 115 Å². The van der Waals surface area contributed by atoms with Crippen molar-refractivity contribution in [2.75, 3.05) is 0 Å². The van der Waals surface area contributed by atoms with E-state index in [-0.39, 0.29) is 12.2 Å². The predicted molar refractivity (Wildman–Crippen MR) is 74.0 cm³/mol. The zero-order valence-corrected chi connectivity index (χ0v) is 11.3. The number of aliphatic carboxylic acids is 1. The van der Waals surface area contributed by atoms with Crippen LogP contribution in [0, 0.1) is 6.92 Å². The van der Waals surface area contributed by atoms with Crippen molar-refractivity contribution in [2.45, 2.75) is 19.4 Å². The quantitative estimate of drug-likeness (QED) is 0.651. The predicted octanol–water partition coefficient (Wildman–Crippen LogP) is 0.849. The van der Waals surface area contributed by atoms with E-state index in [9.17, 15) is 19.8 Å². The van der Waals surface area contributed by atoms with Crippen molar-refractivity contribution in [2.24, 2.45) is 0 Å². The molecule has 0 fully saturated rings. The first-order valence-corrected chi connectivity index (χ1v) is 6.29. The average molecular weight is 289 g/mol. The Morgan fingerprint density at radius 3 is 2.52 bits per heavy atom. The summed E-state index contributed by atoms with van der Waals surface area (Å²) in [6.45, 7) is 1.68. The Morgan fingerprint density at radius 1 is 1.33 bits per heavy atom. The summed E-state index contributed by atoms with van der Waals surface area (Å²) in [7, 11) is 0. The van der Waals surface area contributed by atoms with Crippen LogP contribution in [0.15, 0.2) is 30.5 Å². The zero-order valence-electron chi connectivity index (χ0n) is 11.3. The highest BCUT2D eigenvalue weighted by molar-refractivity contribution is 5.97. The number of hydrogen-bond donors (Lipinski definition) is 4. The number of aromatic nitrogens is 2. The van der Waals surface area contributed by atoms with E-state index >= 15 is 0 Å². The first kappa shape index (κ1) is 14.6. The molecule has 1 atom stereocenters. The molecule has 0 aliphatic carbocycles. The minimum absolute atomic E-state index is 0.101. The molecule has 1 aromatic carbocycles. The summed E-state index contributed by atoms with van der Waals surface area (Å²) in [5.74, 6) is -1.52. The zero-order chi connectivity index (χ0) is 15.4. The van der Waals surface area contributed by atoms with Crippen LogP contribution in [0.4, 0.5) is 0 Å². The minimum atomic E-state index is -1.13. The number of H-pyrrole nitrogens is 1. The summed E-state index contributed by atoms with van der Waals surface area (Å²) in [5, 5.41) is 27.2. The molecule has 7 heteroatoms. The number of carbonyl (C=O) groups excluding carboxylic acids is 1. The molecule has 7 nitrogen and oxygen atoms in total. The van der Waals surface area contributed by atoms with Crippen LogP contribution in [0.25, 0.3) is 0 Å². The smallest absolute Gasteiger partial charge is 0.326 e. The monoisotopic (exact) mass is 289 g/mol. The maximum Gasteiger partial charge on any atom is 0.326 e. The lowest BCUT2D eigenvalue weighted by Gasteiger charge is -2.14. The number of amides is 1. The molecule has 0 spiro atoms. The average Bonchev–Trinajstić information content (AvgIpc) is 2.86. The number of aromatic amines is 1. The van der Waals surface area contributed by atoms with Crippen molar-refractivity contribution >= 4 is 11.9 Å². The lowest BCUT2D eigenvalue weighted by atomic mass is 10.1. The molecule has 0 radical (unpaired) electrons. The van der Waals surface area contributed by atoms with Gasteiger partial charge in [-0.25, -0.2) is 4.79 Å². The van der Waals surface area contributed by atoms with Gasteiger partial charge in [-0.05, 0) is 24.6 Å². The third kappa shape index (κ3) is 3.59. The van der Waals surface area contributed by atoms with E-state index in [1.807, 2.05) is 0 Å². The summed E-state index contributed by atoms with van der Waals surface area (Å²) < 4.78 is 0. The number of phenolic OH excluding ortho intramolecular Hbond substituents is 1. The first-order chi connectivity index (χ1) is 9.97. The summed E-state index contributed by atoms with van der Waals surface area (Å²) in [5.41, 5.74) is 1.58. The van der Waals surface area contributed by atoms with Crippen molar-refractivity contribution in [1.29, 1.82) is 0 Å². The third-order valence-corrected chi connectivity index (χ3v) is 3.05. The van der Waals surface area contributed by atoms with Gasteiger partial charge in [-0.15, -0.1) is 0 Å². The second-order valence-corrected chi connectivity index (χ2v) is 4.64. The maximum atomic E-state index is 12.0. The van der Waals surface area contributed by atoms with E-state index in [2.05, 4.69) is 15.5 Å². The van der Waals surface area contributed by atoms with Crippen LogP contribution in [0.3, 0.4) is 0 Å². The largest absolute Gasteiger partial charge is 0.508 e. The second-order valence-electron chi connectivity index (χ2n) is 4.64. The highest BCUT2D eigenvalue weighted by atomic mass is 16.4. The van der Waals surface area contributed by atoms with Gasteiger partial charge in [-0.2, -0.15) is 5.10 Å². The van der Waals surface area contributed by atoms with Gasteiger partial charge in [0, 0.05) is 12.1 Å². The molecule has 0 unspecified atom stereocenters. The number of aromatic hydroxyl groups is 1. The molecule has 2 rings (SSSR count). The third-order valence-electron chi connectivity index (χ3n) is 3.05. The molecule has 0 aliphatic heterocycles. The van der Waals surface area contributed by atoms with Gasteiger partial charge < -0.3 is 15.5 Å². The molecule has 110 valence electrons. The Morgan fingerprint density at radius 2 is 2.00 bits per heavy atom. The van der Waals surface area contributed by atoms with E-state index in [0.29, 0.717) is 16.8 Å². The molecule has 0 aliphatic rings. The molecule has 2 aromatic rings. The van der Waals surface area contributed by atoms with Gasteiger partial charge in [0.1, 0.15) is 11.8 Å². The number of rotatable bonds is 5. The highest BCUT2D eigenvalue weighted by Gasteiger charge is 2.22. The normalized spacial score (nSPS) is 11.9. The lowest BCUT2D eigenvalue weighted by Crippen LogP contribution is -2.42. The van der Waals surface area contributed by atoms with Crippen molar-refractivity contribution in [3.05, 3.63) is 47.3 Å². The molecule has 0 saturated heterocycles. The molecule has 0 bridgehead atoms. The maximum absolute atomic E-state index is 12.0. The van der Waals surface area contributed by atoms with Crippen LogP contribution in [0.2, 0.25) is 0 Å². The van der Waals surface area contributed by atoms with Crippen molar-refractivity contribution < 1.29 is 19.8 Å². The molecule has 0 saturated carbocycles. The molecular formula is C14H15N3O4. The van der Waals surface area contributed by atoms with Crippen molar-refractivity contribution in [3.63, 3.8) is 0 Å². The Kier molecular flexibility index (Phi) is 4.22. The number of benzene rings is 1. The van der Waals surface area contributed by atoms with Gasteiger partial charge in [-0.3, -0.25) is 9.89 Å². The van der Waals surface area contributed by atoms with Gasteiger partial charge in [-0.1, -0.05) is 12.1 Å². The van der Waals surface area contributed by atoms with Crippen LogP contribution in [-0.2, 0) is 11.2 Å². The SMILES string of the molecule is Cc1[nH]ncc1C(=O)N[C@@H](Cc1ccc(O)cc1)C(=O)O. The van der Waals surface area contributed by atoms with E-state index in [1.54, 1.807) is 19.1 Å². The van der Waals surface area contributed by atoms with Gasteiger partial charge >= 0.3 is 5.97 Å². The van der Waals surface area contributed by atoms with E-state index < -0.39 is 17.9 Å². The van der Waals surface area contributed by atoms with E-state index in [4.69, 9.17) is 0 Å². The van der Waals surface area contributed by atoms with Crippen LogP contribution in [0.5, 0.6) is 5.75 Å². The van der Waals surface area contributed by atoms with Crippen LogP contribution < -0.4 is 5.32 Å².